The van der Waals surface area contributed by atoms with Crippen LogP contribution in [0.2, 0.25) is 5.02 Å². The Morgan fingerprint density at radius 2 is 2.36 bits per heavy atom. The van der Waals surface area contributed by atoms with Crippen molar-refractivity contribution in [3.8, 4) is 0 Å². The minimum atomic E-state index is 0.724. The second-order valence-corrected chi connectivity index (χ2v) is 5.72. The van der Waals surface area contributed by atoms with E-state index in [1.165, 1.54) is 0 Å². The Bertz CT molecular complexity index is 500. The van der Waals surface area contributed by atoms with Crippen molar-refractivity contribution in [3.63, 3.8) is 0 Å². The molecule has 0 saturated heterocycles. The number of pyridine rings is 1. The highest BCUT2D eigenvalue weighted by Gasteiger charge is 2.11. The van der Waals surface area contributed by atoms with Gasteiger partial charge in [-0.1, -0.05) is 11.6 Å². The molecule has 2 nitrogen and oxygen atoms in total. The summed E-state index contributed by atoms with van der Waals surface area (Å²) in [6.07, 6.45) is 1.73. The van der Waals surface area contributed by atoms with Gasteiger partial charge >= 0.3 is 0 Å². The van der Waals surface area contributed by atoms with Gasteiger partial charge in [-0.3, -0.25) is 3.97 Å². The SMILES string of the molecule is Cc1cc2c(Cl)c(Br)cnc2n1SI. The van der Waals surface area contributed by atoms with Crippen LogP contribution in [0, 0.1) is 6.92 Å². The summed E-state index contributed by atoms with van der Waals surface area (Å²) in [5.74, 6) is 0. The van der Waals surface area contributed by atoms with Crippen molar-refractivity contribution in [2.45, 2.75) is 6.92 Å². The van der Waals surface area contributed by atoms with E-state index in [9.17, 15) is 0 Å². The van der Waals surface area contributed by atoms with Gasteiger partial charge in [0.05, 0.1) is 9.50 Å². The first-order valence-electron chi connectivity index (χ1n) is 3.76. The molecule has 0 N–H and O–H groups in total. The number of aromatic nitrogens is 2. The normalized spacial score (nSPS) is 11.1. The average Bonchev–Trinajstić information content (AvgIpc) is 2.49. The van der Waals surface area contributed by atoms with Crippen LogP contribution in [0.4, 0.5) is 0 Å². The molecule has 0 bridgehead atoms. The highest BCUT2D eigenvalue weighted by Crippen LogP contribution is 2.34. The van der Waals surface area contributed by atoms with E-state index < -0.39 is 0 Å². The Labute approximate surface area is 111 Å². The molecule has 0 fully saturated rings. The van der Waals surface area contributed by atoms with E-state index in [4.69, 9.17) is 11.6 Å². The summed E-state index contributed by atoms with van der Waals surface area (Å²) in [5.41, 5.74) is 2.06. The van der Waals surface area contributed by atoms with E-state index in [2.05, 4.69) is 42.1 Å². The monoisotopic (exact) mass is 402 g/mol. The van der Waals surface area contributed by atoms with Crippen LogP contribution in [0.3, 0.4) is 0 Å². The first-order valence-corrected chi connectivity index (χ1v) is 8.25. The lowest BCUT2D eigenvalue weighted by atomic mass is 10.3. The zero-order valence-electron chi connectivity index (χ0n) is 7.09. The summed E-state index contributed by atoms with van der Waals surface area (Å²) in [6, 6.07) is 2.04. The third kappa shape index (κ3) is 1.68. The number of hydrogen-bond donors (Lipinski definition) is 0. The van der Waals surface area contributed by atoms with Gasteiger partial charge < -0.3 is 0 Å². The molecule has 0 spiro atoms. The van der Waals surface area contributed by atoms with Gasteiger partial charge in [0.25, 0.3) is 0 Å². The topological polar surface area (TPSA) is 17.8 Å². The molecule has 0 atom stereocenters. The second-order valence-electron chi connectivity index (χ2n) is 2.81. The Hall–Kier alpha value is 0.540. The van der Waals surface area contributed by atoms with Gasteiger partial charge in [0.2, 0.25) is 0 Å². The fourth-order valence-corrected chi connectivity index (χ4v) is 3.65. The van der Waals surface area contributed by atoms with E-state index in [0.717, 1.165) is 26.2 Å². The van der Waals surface area contributed by atoms with Gasteiger partial charge in [-0.15, -0.1) is 0 Å². The van der Waals surface area contributed by atoms with Crippen LogP contribution < -0.4 is 0 Å². The van der Waals surface area contributed by atoms with Crippen molar-refractivity contribution in [1.29, 1.82) is 0 Å². The fourth-order valence-electron chi connectivity index (χ4n) is 1.28. The highest BCUT2D eigenvalue weighted by atomic mass is 127. The average molecular weight is 403 g/mol. The zero-order valence-corrected chi connectivity index (χ0v) is 12.4. The minimum absolute atomic E-state index is 0.724. The third-order valence-corrected chi connectivity index (χ3v) is 4.94. The molecule has 74 valence electrons. The molecule has 2 rings (SSSR count). The molecule has 2 heterocycles. The smallest absolute Gasteiger partial charge is 0.152 e. The molecule has 2 aromatic rings. The summed E-state index contributed by atoms with van der Waals surface area (Å²) in [5, 5.41) is 1.71. The molecule has 0 aromatic carbocycles. The standard InChI is InChI=1S/C8H5BrClIN2S/c1-4-2-5-7(10)6(9)3-12-8(5)13(4)14-11/h2-3H,1H3. The Morgan fingerprint density at radius 3 is 3.00 bits per heavy atom. The summed E-state index contributed by atoms with van der Waals surface area (Å²) < 4.78 is 2.89. The van der Waals surface area contributed by atoms with Gasteiger partial charge in [-0.05, 0) is 28.9 Å². The van der Waals surface area contributed by atoms with E-state index in [-0.39, 0.29) is 0 Å². The second kappa shape index (κ2) is 4.19. The molecule has 14 heavy (non-hydrogen) atoms. The van der Waals surface area contributed by atoms with Crippen LogP contribution in [0.25, 0.3) is 11.0 Å². The van der Waals surface area contributed by atoms with Crippen LogP contribution in [0.5, 0.6) is 0 Å². The first-order chi connectivity index (χ1) is 6.65. The number of hydrogen-bond acceptors (Lipinski definition) is 2. The molecule has 0 radical (unpaired) electrons. The number of nitrogens with zero attached hydrogens (tertiary/aromatic N) is 2. The van der Waals surface area contributed by atoms with Crippen molar-refractivity contribution < 1.29 is 0 Å². The van der Waals surface area contributed by atoms with E-state index in [0.29, 0.717) is 0 Å². The van der Waals surface area contributed by atoms with Crippen LogP contribution in [-0.2, 0) is 0 Å². The van der Waals surface area contributed by atoms with Crippen LogP contribution in [0.1, 0.15) is 5.69 Å². The van der Waals surface area contributed by atoms with Gasteiger partial charge in [0.15, 0.2) is 5.65 Å². The molecule has 0 saturated carbocycles. The maximum atomic E-state index is 6.16. The van der Waals surface area contributed by atoms with Crippen LogP contribution in [-0.4, -0.2) is 8.96 Å². The quantitative estimate of drug-likeness (QED) is 0.648. The number of rotatable bonds is 1. The fraction of sp³-hybridized carbons (Fsp3) is 0.125. The van der Waals surface area contributed by atoms with Gasteiger partial charge in [-0.2, -0.15) is 0 Å². The van der Waals surface area contributed by atoms with E-state index in [1.54, 1.807) is 15.3 Å². The van der Waals surface area contributed by atoms with Gasteiger partial charge in [0.1, 0.15) is 0 Å². The molecule has 0 amide bonds. The molecule has 2 aromatic heterocycles. The van der Waals surface area contributed by atoms with E-state index in [1.807, 2.05) is 17.0 Å². The Kier molecular flexibility index (Phi) is 3.30. The number of fused-ring (bicyclic) bond motifs is 1. The lowest BCUT2D eigenvalue weighted by molar-refractivity contribution is 1.18. The van der Waals surface area contributed by atoms with Crippen LogP contribution >= 0.6 is 57.9 Å². The summed E-state index contributed by atoms with van der Waals surface area (Å²) >= 11 is 11.7. The molecule has 0 aliphatic heterocycles. The summed E-state index contributed by atoms with van der Waals surface area (Å²) in [4.78, 5) is 4.34. The summed E-state index contributed by atoms with van der Waals surface area (Å²) in [6.45, 7) is 2.04. The van der Waals surface area contributed by atoms with Gasteiger partial charge in [-0.25, -0.2) is 4.98 Å². The molecule has 0 aliphatic carbocycles. The van der Waals surface area contributed by atoms with Crippen LogP contribution in [0.15, 0.2) is 16.7 Å². The van der Waals surface area contributed by atoms with Gasteiger partial charge in [0, 0.05) is 47.6 Å². The molecule has 0 aliphatic rings. The molecular formula is C8H5BrClIN2S. The Morgan fingerprint density at radius 1 is 1.64 bits per heavy atom. The Balaban J connectivity index is 2.87. The van der Waals surface area contributed by atoms with Crippen molar-refractivity contribution in [2.75, 3.05) is 0 Å². The molecular weight excluding hydrogens is 398 g/mol. The third-order valence-electron chi connectivity index (χ3n) is 1.92. The number of halogens is 3. The van der Waals surface area contributed by atoms with Crippen molar-refractivity contribution >= 4 is 68.9 Å². The molecule has 0 unspecified atom stereocenters. The predicted octanol–water partition coefficient (Wildman–Crippen LogP) is 4.61. The molecule has 6 heteroatoms. The maximum absolute atomic E-state index is 6.16. The number of aryl methyl sites for hydroxylation is 1. The van der Waals surface area contributed by atoms with Crippen molar-refractivity contribution in [3.05, 3.63) is 27.5 Å². The van der Waals surface area contributed by atoms with Crippen molar-refractivity contribution in [2.24, 2.45) is 0 Å². The maximum Gasteiger partial charge on any atom is 0.152 e. The minimum Gasteiger partial charge on any atom is -0.263 e. The largest absolute Gasteiger partial charge is 0.263 e. The summed E-state index contributed by atoms with van der Waals surface area (Å²) in [7, 11) is 1.60. The highest BCUT2D eigenvalue weighted by molar-refractivity contribution is 14.2. The lowest BCUT2D eigenvalue weighted by Crippen LogP contribution is -1.87. The first kappa shape index (κ1) is 11.0. The predicted molar refractivity (Wildman–Crippen MR) is 74.2 cm³/mol. The lowest BCUT2D eigenvalue weighted by Gasteiger charge is -2.00. The zero-order chi connectivity index (χ0) is 10.3. The van der Waals surface area contributed by atoms with Crippen molar-refractivity contribution in [1.82, 2.24) is 8.96 Å². The van der Waals surface area contributed by atoms with E-state index >= 15 is 0 Å².